The zero-order valence-electron chi connectivity index (χ0n) is 20.9. The maximum Gasteiger partial charge on any atom is 0.314 e. The molecule has 0 bridgehead atoms. The van der Waals surface area contributed by atoms with Crippen LogP contribution in [0.25, 0.3) is 0 Å². The number of rotatable bonds is 8. The van der Waals surface area contributed by atoms with Crippen LogP contribution < -0.4 is 5.32 Å². The lowest BCUT2D eigenvalue weighted by atomic mass is 9.94. The number of nitriles is 1. The lowest BCUT2D eigenvalue weighted by Crippen LogP contribution is -2.20. The highest BCUT2D eigenvalue weighted by Gasteiger charge is 2.51. The summed E-state index contributed by atoms with van der Waals surface area (Å²) in [5.74, 6) is -0.587. The van der Waals surface area contributed by atoms with Gasteiger partial charge in [-0.3, -0.25) is 9.48 Å². The Balaban J connectivity index is 0.000000223. The van der Waals surface area contributed by atoms with Crippen molar-refractivity contribution in [3.63, 3.8) is 0 Å². The molecule has 1 aliphatic carbocycles. The van der Waals surface area contributed by atoms with Crippen molar-refractivity contribution in [3.05, 3.63) is 83.2 Å². The van der Waals surface area contributed by atoms with Crippen LogP contribution in [-0.4, -0.2) is 39.1 Å². The third kappa shape index (κ3) is 8.58. The SMILES string of the molecule is CCCCNCCc1cccc(C2(C(=O)O)CC2)c1.Cc1cccc(C#N)c1O.Cn1cccn1. The van der Waals surface area contributed by atoms with E-state index in [0.29, 0.717) is 5.56 Å². The van der Waals surface area contributed by atoms with E-state index in [9.17, 15) is 15.0 Å². The fourth-order valence-electron chi connectivity index (χ4n) is 3.53. The molecule has 3 aromatic rings. The predicted molar refractivity (Wildman–Crippen MR) is 137 cm³/mol. The molecule has 1 fully saturated rings. The summed E-state index contributed by atoms with van der Waals surface area (Å²) in [6.45, 7) is 5.97. The number of phenolic OH excluding ortho intramolecular Hbond substituents is 1. The molecule has 0 unspecified atom stereocenters. The Hall–Kier alpha value is -3.63. The second-order valence-electron chi connectivity index (χ2n) is 8.70. The Morgan fingerprint density at radius 3 is 2.46 bits per heavy atom. The zero-order valence-corrected chi connectivity index (χ0v) is 20.9. The molecule has 35 heavy (non-hydrogen) atoms. The lowest BCUT2D eigenvalue weighted by molar-refractivity contribution is -0.140. The fourth-order valence-corrected chi connectivity index (χ4v) is 3.53. The number of hydrogen-bond acceptors (Lipinski definition) is 5. The van der Waals surface area contributed by atoms with Crippen LogP contribution in [0.3, 0.4) is 0 Å². The van der Waals surface area contributed by atoms with Crippen molar-refractivity contribution in [2.24, 2.45) is 7.05 Å². The van der Waals surface area contributed by atoms with Gasteiger partial charge < -0.3 is 15.5 Å². The summed E-state index contributed by atoms with van der Waals surface area (Å²) in [6, 6.07) is 17.0. The largest absolute Gasteiger partial charge is 0.506 e. The molecule has 2 aromatic carbocycles. The minimum atomic E-state index is -0.675. The van der Waals surface area contributed by atoms with Gasteiger partial charge in [-0.15, -0.1) is 0 Å². The summed E-state index contributed by atoms with van der Waals surface area (Å²) in [5.41, 5.74) is 2.70. The van der Waals surface area contributed by atoms with Gasteiger partial charge in [0.25, 0.3) is 0 Å². The minimum absolute atomic E-state index is 0.0880. The minimum Gasteiger partial charge on any atom is -0.506 e. The van der Waals surface area contributed by atoms with Crippen LogP contribution in [0, 0.1) is 18.3 Å². The zero-order chi connectivity index (χ0) is 25.7. The highest BCUT2D eigenvalue weighted by molar-refractivity contribution is 5.84. The van der Waals surface area contributed by atoms with E-state index in [0.717, 1.165) is 43.5 Å². The number of hydrogen-bond donors (Lipinski definition) is 3. The van der Waals surface area contributed by atoms with E-state index in [1.807, 2.05) is 37.5 Å². The third-order valence-electron chi connectivity index (χ3n) is 5.93. The van der Waals surface area contributed by atoms with Gasteiger partial charge in [-0.25, -0.2) is 0 Å². The number of carboxylic acid groups (broad SMARTS) is 1. The smallest absolute Gasteiger partial charge is 0.314 e. The second-order valence-corrected chi connectivity index (χ2v) is 8.70. The number of aliphatic carboxylic acids is 1. The molecule has 1 heterocycles. The monoisotopic (exact) mass is 476 g/mol. The number of carbonyl (C=O) groups is 1. The first-order valence-corrected chi connectivity index (χ1v) is 12.0. The van der Waals surface area contributed by atoms with E-state index in [2.05, 4.69) is 29.5 Å². The van der Waals surface area contributed by atoms with Crippen LogP contribution in [0.4, 0.5) is 0 Å². The number of benzene rings is 2. The summed E-state index contributed by atoms with van der Waals surface area (Å²) in [4.78, 5) is 11.3. The summed E-state index contributed by atoms with van der Waals surface area (Å²) in [7, 11) is 1.89. The number of nitrogens with zero attached hydrogens (tertiary/aromatic N) is 3. The van der Waals surface area contributed by atoms with Crippen LogP contribution in [-0.2, 0) is 23.7 Å². The number of phenols is 1. The molecule has 0 amide bonds. The number of aromatic hydroxyl groups is 1. The van der Waals surface area contributed by atoms with Crippen molar-refractivity contribution in [1.82, 2.24) is 15.1 Å². The van der Waals surface area contributed by atoms with E-state index >= 15 is 0 Å². The molecular weight excluding hydrogens is 440 g/mol. The van der Waals surface area contributed by atoms with Crippen LogP contribution in [0.1, 0.15) is 54.9 Å². The van der Waals surface area contributed by atoms with E-state index in [1.54, 1.807) is 36.0 Å². The number of aromatic nitrogens is 2. The standard InChI is InChI=1S/C16H23NO2.C8H7NO.C4H6N2/c1-2-3-10-17-11-7-13-5-4-6-14(12-13)16(8-9-16)15(18)19;1-6-3-2-4-7(5-9)8(6)10;1-6-4-2-3-5-6/h4-6,12,17H,2-3,7-11H2,1H3,(H,18,19);2-4,10H,1H3;2-4H,1H3. The van der Waals surface area contributed by atoms with Gasteiger partial charge in [0.15, 0.2) is 0 Å². The number of nitrogens with one attached hydrogen (secondary N) is 1. The third-order valence-corrected chi connectivity index (χ3v) is 5.93. The highest BCUT2D eigenvalue weighted by atomic mass is 16.4. The molecule has 4 rings (SSSR count). The summed E-state index contributed by atoms with van der Waals surface area (Å²) < 4.78 is 1.75. The maximum atomic E-state index is 11.3. The van der Waals surface area contributed by atoms with Gasteiger partial charge in [0.2, 0.25) is 0 Å². The highest BCUT2D eigenvalue weighted by Crippen LogP contribution is 2.48. The predicted octanol–water partition coefficient (Wildman–Crippen LogP) is 4.73. The first kappa shape index (κ1) is 27.6. The van der Waals surface area contributed by atoms with Gasteiger partial charge in [0.05, 0.1) is 11.0 Å². The van der Waals surface area contributed by atoms with Crippen LogP contribution in [0.5, 0.6) is 5.75 Å². The number of para-hydroxylation sites is 1. The van der Waals surface area contributed by atoms with Gasteiger partial charge in [-0.1, -0.05) is 49.7 Å². The van der Waals surface area contributed by atoms with Crippen molar-refractivity contribution in [1.29, 1.82) is 5.26 Å². The molecule has 1 aromatic heterocycles. The average Bonchev–Trinajstić information content (AvgIpc) is 3.55. The quantitative estimate of drug-likeness (QED) is 0.406. The number of unbranched alkanes of at least 4 members (excludes halogenated alkanes) is 1. The Labute approximate surface area is 208 Å². The van der Waals surface area contributed by atoms with E-state index in [-0.39, 0.29) is 5.75 Å². The number of carboxylic acids is 1. The topological polar surface area (TPSA) is 111 Å². The number of aryl methyl sites for hydroxylation is 2. The summed E-state index contributed by atoms with van der Waals surface area (Å²) >= 11 is 0. The second kappa shape index (κ2) is 13.9. The van der Waals surface area contributed by atoms with Crippen LogP contribution in [0.2, 0.25) is 0 Å². The fraction of sp³-hybridized carbons (Fsp3) is 0.393. The molecule has 7 heteroatoms. The van der Waals surface area contributed by atoms with Crippen molar-refractivity contribution in [3.8, 4) is 11.8 Å². The normalized spacial score (nSPS) is 12.9. The van der Waals surface area contributed by atoms with E-state index in [4.69, 9.17) is 5.26 Å². The van der Waals surface area contributed by atoms with Gasteiger partial charge in [0.1, 0.15) is 11.8 Å². The molecule has 3 N–H and O–H groups in total. The van der Waals surface area contributed by atoms with Crippen molar-refractivity contribution in [2.75, 3.05) is 13.1 Å². The van der Waals surface area contributed by atoms with Gasteiger partial charge >= 0.3 is 5.97 Å². The lowest BCUT2D eigenvalue weighted by Gasteiger charge is -2.12. The molecule has 0 radical (unpaired) electrons. The van der Waals surface area contributed by atoms with Crippen molar-refractivity contribution >= 4 is 5.97 Å². The molecule has 1 saturated carbocycles. The first-order chi connectivity index (χ1) is 16.8. The molecule has 7 nitrogen and oxygen atoms in total. The average molecular weight is 477 g/mol. The van der Waals surface area contributed by atoms with E-state index in [1.165, 1.54) is 18.4 Å². The first-order valence-electron chi connectivity index (χ1n) is 12.0. The summed E-state index contributed by atoms with van der Waals surface area (Å²) in [6.07, 6.45) is 8.58. The Bertz CT molecular complexity index is 1100. The van der Waals surface area contributed by atoms with Crippen LogP contribution >= 0.6 is 0 Å². The molecule has 186 valence electrons. The molecule has 0 aliphatic heterocycles. The van der Waals surface area contributed by atoms with Crippen molar-refractivity contribution < 1.29 is 15.0 Å². The molecule has 0 atom stereocenters. The molecule has 0 spiro atoms. The molecule has 0 saturated heterocycles. The summed E-state index contributed by atoms with van der Waals surface area (Å²) in [5, 5.41) is 34.2. The molecule has 1 aliphatic rings. The Morgan fingerprint density at radius 1 is 1.20 bits per heavy atom. The van der Waals surface area contributed by atoms with Gasteiger partial charge in [0, 0.05) is 19.4 Å². The molecular formula is C28H36N4O3. The Morgan fingerprint density at radius 2 is 1.94 bits per heavy atom. The maximum absolute atomic E-state index is 11.3. The van der Waals surface area contributed by atoms with Gasteiger partial charge in [-0.2, -0.15) is 10.4 Å². The Kier molecular flexibility index (Phi) is 11.0. The van der Waals surface area contributed by atoms with E-state index < -0.39 is 11.4 Å². The van der Waals surface area contributed by atoms with Crippen molar-refractivity contribution in [2.45, 2.75) is 51.4 Å². The van der Waals surface area contributed by atoms with Gasteiger partial charge in [-0.05, 0) is 74.5 Å². The van der Waals surface area contributed by atoms with Crippen LogP contribution in [0.15, 0.2) is 60.9 Å².